The number of carbonyl (C=O) groups is 1. The average molecular weight is 1050 g/mol. The van der Waals surface area contributed by atoms with Crippen LogP contribution in [0.5, 0.6) is 0 Å². The predicted molar refractivity (Wildman–Crippen MR) is 247 cm³/mol. The summed E-state index contributed by atoms with van der Waals surface area (Å²) in [6, 6.07) is 0. The highest BCUT2D eigenvalue weighted by Crippen LogP contribution is 2.56. The van der Waals surface area contributed by atoms with Gasteiger partial charge in [-0.2, -0.15) is 4.98 Å². The lowest BCUT2D eigenvalue weighted by Gasteiger charge is -2.27. The minimum Gasteiger partial charge on any atom is -0.390 e. The van der Waals surface area contributed by atoms with Gasteiger partial charge in [0.25, 0.3) is 16.7 Å². The first-order chi connectivity index (χ1) is 34.2. The molecule has 11 unspecified atom stereocenters. The van der Waals surface area contributed by atoms with Gasteiger partial charge in [-0.3, -0.25) is 80.3 Å². The van der Waals surface area contributed by atoms with E-state index >= 15 is 0 Å². The molecular formula is C41H53N11O18P2. The number of aliphatic hydroxyl groups is 1. The van der Waals surface area contributed by atoms with Crippen molar-refractivity contribution in [3.8, 4) is 0 Å². The number of ether oxygens (including phenoxy) is 3. The summed E-state index contributed by atoms with van der Waals surface area (Å²) < 4.78 is 85.9. The standard InChI is InChI=1S/C41H53N11O18P2/c1-8-25-26(14-31(66-25)50-16-22(4)36(55)48-40(50)58)69-72(61,63-12-10-43-7)65-19-29-27(15-32(68-29)51-17-23(5)37(56)49-41(51)59)70-71(60,62-11-9-42-6)64-18-28-24(53)13-30(67-28)52-20-44-33-34(52)45-39(47-38(33)57)46-35(54)21(2)3/h16-17,20-21,24-32,53H,8-15,18-19H2,1-5H3,(H,48,55,58)(H,49,56,59)(H2,45,46,47,54,57). The summed E-state index contributed by atoms with van der Waals surface area (Å²) in [5.74, 6) is -0.992. The van der Waals surface area contributed by atoms with Gasteiger partial charge in [0.1, 0.15) is 50.2 Å². The topological polar surface area (TPSA) is 349 Å². The Labute approximate surface area is 407 Å². The quantitative estimate of drug-likeness (QED) is 0.0427. The molecule has 1 amide bonds. The number of aliphatic hydroxyl groups excluding tert-OH is 1. The van der Waals surface area contributed by atoms with E-state index in [-0.39, 0.29) is 60.6 Å². The smallest absolute Gasteiger partial charge is 0.390 e. The predicted octanol–water partition coefficient (Wildman–Crippen LogP) is 1.96. The summed E-state index contributed by atoms with van der Waals surface area (Å²) in [6.07, 6.45) is -6.78. The van der Waals surface area contributed by atoms with Gasteiger partial charge in [0.2, 0.25) is 24.9 Å². The Morgan fingerprint density at radius 2 is 1.28 bits per heavy atom. The summed E-state index contributed by atoms with van der Waals surface area (Å²) in [5, 5.41) is 13.7. The van der Waals surface area contributed by atoms with Crippen LogP contribution in [-0.2, 0) is 55.3 Å². The molecule has 3 aliphatic rings. The Kier molecular flexibility index (Phi) is 17.2. The maximum absolute atomic E-state index is 14.6. The van der Waals surface area contributed by atoms with Crippen molar-refractivity contribution in [1.82, 2.24) is 38.6 Å². The van der Waals surface area contributed by atoms with E-state index in [0.29, 0.717) is 6.42 Å². The van der Waals surface area contributed by atoms with Crippen LogP contribution in [0.2, 0.25) is 0 Å². The van der Waals surface area contributed by atoms with Crippen molar-refractivity contribution in [3.63, 3.8) is 0 Å². The van der Waals surface area contributed by atoms with E-state index in [1.165, 1.54) is 37.1 Å². The highest BCUT2D eigenvalue weighted by atomic mass is 31.2. The fraction of sp³-hybridized carbons (Fsp3) is 0.610. The van der Waals surface area contributed by atoms with E-state index in [0.717, 1.165) is 9.13 Å². The Balaban J connectivity index is 1.12. The number of phosphoric acid groups is 2. The van der Waals surface area contributed by atoms with E-state index in [1.807, 2.05) is 0 Å². The zero-order chi connectivity index (χ0) is 52.1. The third-order valence-electron chi connectivity index (χ3n) is 11.6. The minimum absolute atomic E-state index is 0.0179. The number of carbonyl (C=O) groups excluding carboxylic acids is 1. The zero-order valence-electron chi connectivity index (χ0n) is 39.5. The average Bonchev–Trinajstić information content (AvgIpc) is 4.13. The molecule has 0 aromatic carbocycles. The van der Waals surface area contributed by atoms with Gasteiger partial charge >= 0.3 is 27.0 Å². The number of hydrogen-bond acceptors (Lipinski definition) is 20. The molecule has 0 bridgehead atoms. The number of aryl methyl sites for hydroxylation is 2. The van der Waals surface area contributed by atoms with Crippen molar-refractivity contribution in [1.29, 1.82) is 0 Å². The summed E-state index contributed by atoms with van der Waals surface area (Å²) in [7, 11) is -9.58. The fourth-order valence-electron chi connectivity index (χ4n) is 7.82. The molecule has 11 atom stereocenters. The fourth-order valence-corrected chi connectivity index (χ4v) is 10.6. The Hall–Kier alpha value is -5.78. The van der Waals surface area contributed by atoms with Gasteiger partial charge in [-0.1, -0.05) is 20.8 Å². The largest absolute Gasteiger partial charge is 0.475 e. The van der Waals surface area contributed by atoms with Gasteiger partial charge in [-0.25, -0.2) is 36.8 Å². The van der Waals surface area contributed by atoms with Crippen LogP contribution in [-0.4, -0.2) is 126 Å². The first-order valence-corrected chi connectivity index (χ1v) is 25.5. The van der Waals surface area contributed by atoms with Crippen LogP contribution in [0.15, 0.2) is 42.7 Å². The molecule has 4 aromatic rings. The molecule has 390 valence electrons. The molecule has 72 heavy (non-hydrogen) atoms. The Morgan fingerprint density at radius 1 is 0.778 bits per heavy atom. The SMILES string of the molecule is [C-]#[N+]CCOP(=O)(OCC1OC(n2cc(C)c(=O)[nH]c2=O)CC1OP(=O)(OCC[N+]#[C-])OCC1OC(n2cnc3c(=O)[nH]c(NC(=O)C(C)C)nc32)CC1O)OC1CC(n2cc(C)c(=O)[nH]c2=O)OC1CC. The monoisotopic (exact) mass is 1050 g/mol. The number of phosphoric ester groups is 2. The minimum atomic E-state index is -4.85. The van der Waals surface area contributed by atoms with Crippen LogP contribution in [0.3, 0.4) is 0 Å². The van der Waals surface area contributed by atoms with Crippen LogP contribution >= 0.6 is 15.6 Å². The van der Waals surface area contributed by atoms with Crippen LogP contribution in [0.4, 0.5) is 5.95 Å². The highest BCUT2D eigenvalue weighted by Gasteiger charge is 2.48. The molecule has 0 spiro atoms. The van der Waals surface area contributed by atoms with Gasteiger partial charge in [0.15, 0.2) is 11.2 Å². The number of anilines is 1. The maximum atomic E-state index is 14.6. The molecule has 5 N–H and O–H groups in total. The van der Waals surface area contributed by atoms with E-state index in [9.17, 15) is 43.0 Å². The van der Waals surface area contributed by atoms with E-state index in [2.05, 4.69) is 39.9 Å². The van der Waals surface area contributed by atoms with Gasteiger partial charge in [0, 0.05) is 48.7 Å². The van der Waals surface area contributed by atoms with Gasteiger partial charge in [-0.05, 0) is 20.3 Å². The molecule has 4 aromatic heterocycles. The number of hydrogen-bond donors (Lipinski definition) is 5. The molecule has 29 nitrogen and oxygen atoms in total. The number of amides is 1. The number of aromatic nitrogens is 8. The van der Waals surface area contributed by atoms with E-state index in [1.54, 1.807) is 20.8 Å². The van der Waals surface area contributed by atoms with Crippen molar-refractivity contribution >= 4 is 38.7 Å². The number of nitrogens with zero attached hydrogens (tertiary/aromatic N) is 7. The van der Waals surface area contributed by atoms with Crippen molar-refractivity contribution in [3.05, 3.63) is 105 Å². The number of rotatable bonds is 22. The number of imidazole rings is 1. The lowest BCUT2D eigenvalue weighted by Crippen LogP contribution is -2.33. The van der Waals surface area contributed by atoms with Gasteiger partial charge < -0.3 is 29.0 Å². The van der Waals surface area contributed by atoms with Crippen molar-refractivity contribution in [2.24, 2.45) is 5.92 Å². The molecular weight excluding hydrogens is 996 g/mol. The van der Waals surface area contributed by atoms with Crippen molar-refractivity contribution in [2.45, 2.75) is 116 Å². The summed E-state index contributed by atoms with van der Waals surface area (Å²) in [4.78, 5) is 97.2. The second-order valence-corrected chi connectivity index (χ2v) is 20.4. The third-order valence-corrected chi connectivity index (χ3v) is 14.6. The second-order valence-electron chi connectivity index (χ2n) is 17.1. The van der Waals surface area contributed by atoms with E-state index < -0.39 is 137 Å². The molecule has 7 rings (SSSR count). The van der Waals surface area contributed by atoms with Crippen LogP contribution < -0.4 is 33.4 Å². The summed E-state index contributed by atoms with van der Waals surface area (Å²) in [6.45, 7) is 19.7. The molecule has 3 fully saturated rings. The molecule has 7 heterocycles. The number of H-pyrrole nitrogens is 3. The Bertz CT molecular complexity index is 3120. The molecule has 31 heteroatoms. The molecule has 3 saturated heterocycles. The first-order valence-electron chi connectivity index (χ1n) is 22.6. The van der Waals surface area contributed by atoms with Gasteiger partial charge in [0.05, 0.1) is 37.9 Å². The van der Waals surface area contributed by atoms with Crippen LogP contribution in [0, 0.1) is 32.9 Å². The van der Waals surface area contributed by atoms with Crippen LogP contribution in [0.25, 0.3) is 20.9 Å². The second kappa shape index (κ2) is 23.0. The lowest BCUT2D eigenvalue weighted by molar-refractivity contribution is -0.118. The lowest BCUT2D eigenvalue weighted by atomic mass is 10.1. The first kappa shape index (κ1) is 54.0. The molecule has 0 aliphatic carbocycles. The number of fused-ring (bicyclic) bond motifs is 1. The van der Waals surface area contributed by atoms with Crippen LogP contribution in [0.1, 0.15) is 76.3 Å². The van der Waals surface area contributed by atoms with Crippen molar-refractivity contribution in [2.75, 3.05) is 44.8 Å². The number of nitrogens with one attached hydrogen (secondary N) is 4. The third kappa shape index (κ3) is 12.5. The van der Waals surface area contributed by atoms with Crippen molar-refractivity contribution < 1.29 is 60.4 Å². The zero-order valence-corrected chi connectivity index (χ0v) is 41.3. The Morgan fingerprint density at radius 3 is 1.81 bits per heavy atom. The molecule has 3 aliphatic heterocycles. The molecule has 0 saturated carbocycles. The summed E-state index contributed by atoms with van der Waals surface area (Å²) >= 11 is 0. The van der Waals surface area contributed by atoms with E-state index in [4.69, 9.17) is 54.5 Å². The number of aromatic amines is 3. The summed E-state index contributed by atoms with van der Waals surface area (Å²) in [5.41, 5.74) is -3.27. The molecule has 0 radical (unpaired) electrons. The normalized spacial score (nSPS) is 25.8. The highest BCUT2D eigenvalue weighted by molar-refractivity contribution is 7.48. The van der Waals surface area contributed by atoms with Gasteiger partial charge in [-0.15, -0.1) is 0 Å². The maximum Gasteiger partial charge on any atom is 0.475 e.